The molecule has 0 aliphatic heterocycles. The lowest BCUT2D eigenvalue weighted by molar-refractivity contribution is 0.776. The van der Waals surface area contributed by atoms with Crippen molar-refractivity contribution in [1.29, 1.82) is 0 Å². The average Bonchev–Trinajstić information content (AvgIpc) is 2.89. The minimum atomic E-state index is 0.205. The highest BCUT2D eigenvalue weighted by Crippen LogP contribution is 2.23. The highest BCUT2D eigenvalue weighted by Gasteiger charge is 2.12. The van der Waals surface area contributed by atoms with Crippen molar-refractivity contribution >= 4 is 17.6 Å². The largest absolute Gasteiger partial charge is 0.351 e. The van der Waals surface area contributed by atoms with Crippen LogP contribution in [0.25, 0.3) is 11.4 Å². The van der Waals surface area contributed by atoms with E-state index >= 15 is 0 Å². The molecule has 4 rings (SSSR count). The van der Waals surface area contributed by atoms with Gasteiger partial charge in [0.25, 0.3) is 0 Å². The molecule has 0 spiro atoms. The molecule has 0 aliphatic carbocycles. The lowest BCUT2D eigenvalue weighted by atomic mass is 10.1. The molecule has 8 heteroatoms. The maximum Gasteiger partial charge on any atom is 0.224 e. The molecule has 0 fully saturated rings. The second kappa shape index (κ2) is 13.0. The predicted molar refractivity (Wildman–Crippen MR) is 139 cm³/mol. The monoisotopic (exact) mass is 456 g/mol. The van der Waals surface area contributed by atoms with Crippen LogP contribution in [0.2, 0.25) is 0 Å². The third-order valence-electron chi connectivity index (χ3n) is 4.93. The molecule has 0 amide bonds. The highest BCUT2D eigenvalue weighted by molar-refractivity contribution is 5.61. The van der Waals surface area contributed by atoms with Gasteiger partial charge in [-0.1, -0.05) is 60.7 Å². The first kappa shape index (κ1) is 24.8. The van der Waals surface area contributed by atoms with Gasteiger partial charge >= 0.3 is 0 Å². The van der Waals surface area contributed by atoms with Gasteiger partial charge in [0.05, 0.1) is 0 Å². The van der Waals surface area contributed by atoms with Gasteiger partial charge in [-0.15, -0.1) is 0 Å². The number of nitrogens with zero attached hydrogens (tertiary/aromatic N) is 5. The van der Waals surface area contributed by atoms with E-state index in [9.17, 15) is 0 Å². The smallest absolute Gasteiger partial charge is 0.224 e. The molecule has 0 radical (unpaired) electrons. The summed E-state index contributed by atoms with van der Waals surface area (Å²) >= 11 is 0. The number of nitrogens with two attached hydrogens (primary N) is 2. The third kappa shape index (κ3) is 7.33. The average molecular weight is 457 g/mol. The van der Waals surface area contributed by atoms with Gasteiger partial charge in [0, 0.05) is 44.1 Å². The fourth-order valence-corrected chi connectivity index (χ4v) is 3.22. The molecule has 0 saturated carbocycles. The van der Waals surface area contributed by atoms with Crippen LogP contribution in [0.1, 0.15) is 12.5 Å². The van der Waals surface area contributed by atoms with Gasteiger partial charge in [-0.05, 0) is 31.0 Å². The molecule has 0 unspecified atom stereocenters. The molecule has 0 bridgehead atoms. The van der Waals surface area contributed by atoms with Crippen LogP contribution in [0.15, 0.2) is 85.2 Å². The van der Waals surface area contributed by atoms with E-state index in [0.717, 1.165) is 23.6 Å². The van der Waals surface area contributed by atoms with E-state index in [4.69, 9.17) is 16.5 Å². The van der Waals surface area contributed by atoms with Crippen LogP contribution >= 0.6 is 0 Å². The summed E-state index contributed by atoms with van der Waals surface area (Å²) in [5, 5.41) is 3.39. The molecular formula is C26H32N8. The first-order valence-electron chi connectivity index (χ1n) is 11.3. The minimum Gasteiger partial charge on any atom is -0.351 e. The Morgan fingerprint density at radius 2 is 1.38 bits per heavy atom. The number of nitrogens with one attached hydrogen (secondary N) is 1. The van der Waals surface area contributed by atoms with Gasteiger partial charge in [0.1, 0.15) is 11.6 Å². The van der Waals surface area contributed by atoms with E-state index in [2.05, 4.69) is 51.5 Å². The van der Waals surface area contributed by atoms with Gasteiger partial charge in [-0.2, -0.15) is 4.98 Å². The molecule has 0 aliphatic rings. The molecule has 176 valence electrons. The summed E-state index contributed by atoms with van der Waals surface area (Å²) in [6, 6.07) is 24.3. The second-order valence-electron chi connectivity index (χ2n) is 7.71. The third-order valence-corrected chi connectivity index (χ3v) is 4.93. The molecule has 1 atom stereocenters. The first-order chi connectivity index (χ1) is 16.6. The number of benzene rings is 2. The summed E-state index contributed by atoms with van der Waals surface area (Å²) in [4.78, 5) is 20.1. The molecule has 34 heavy (non-hydrogen) atoms. The Bertz CT molecular complexity index is 1120. The van der Waals surface area contributed by atoms with Gasteiger partial charge < -0.3 is 21.7 Å². The van der Waals surface area contributed by atoms with E-state index in [1.165, 1.54) is 5.56 Å². The Hall–Kier alpha value is -3.88. The van der Waals surface area contributed by atoms with E-state index in [1.807, 2.05) is 60.5 Å². The van der Waals surface area contributed by atoms with Crippen molar-refractivity contribution in [2.75, 3.05) is 30.4 Å². The Kier molecular flexibility index (Phi) is 9.45. The van der Waals surface area contributed by atoms with Gasteiger partial charge in [0.15, 0.2) is 5.82 Å². The normalized spacial score (nSPS) is 11.2. The molecule has 2 aromatic heterocycles. The van der Waals surface area contributed by atoms with Crippen molar-refractivity contribution < 1.29 is 0 Å². The van der Waals surface area contributed by atoms with Crippen LogP contribution in [-0.4, -0.2) is 46.1 Å². The van der Waals surface area contributed by atoms with Crippen LogP contribution in [0, 0.1) is 0 Å². The van der Waals surface area contributed by atoms with E-state index in [1.54, 1.807) is 12.4 Å². The zero-order chi connectivity index (χ0) is 24.2. The van der Waals surface area contributed by atoms with Crippen molar-refractivity contribution in [3.8, 4) is 11.4 Å². The van der Waals surface area contributed by atoms with Gasteiger partial charge in [-0.3, -0.25) is 0 Å². The van der Waals surface area contributed by atoms with Crippen molar-refractivity contribution in [2.45, 2.75) is 19.4 Å². The standard InChI is InChI=1S/C24H24N6.C2H8N2/c1-18(17-19-9-5-3-6-10-19)27-24-26-16-14-22(29-24)30(2)21-13-15-25-23(28-21)20-11-7-4-8-12-20;3-1-2-4/h3-16,18H,17H2,1-2H3,(H,26,27,29);1-4H2/t18-;/m0./s1. The number of hydrogen-bond acceptors (Lipinski definition) is 8. The maximum atomic E-state index is 4.90. The fraction of sp³-hybridized carbons (Fsp3) is 0.231. The molecule has 5 N–H and O–H groups in total. The van der Waals surface area contributed by atoms with Crippen LogP contribution in [0.4, 0.5) is 17.6 Å². The van der Waals surface area contributed by atoms with Crippen LogP contribution in [0.3, 0.4) is 0 Å². The zero-order valence-electron chi connectivity index (χ0n) is 19.7. The van der Waals surface area contributed by atoms with E-state index in [0.29, 0.717) is 24.9 Å². The lowest BCUT2D eigenvalue weighted by Crippen LogP contribution is -2.21. The van der Waals surface area contributed by atoms with Crippen molar-refractivity contribution in [2.24, 2.45) is 11.5 Å². The fourth-order valence-electron chi connectivity index (χ4n) is 3.22. The molecule has 8 nitrogen and oxygen atoms in total. The Morgan fingerprint density at radius 3 is 2.03 bits per heavy atom. The van der Waals surface area contributed by atoms with E-state index < -0.39 is 0 Å². The molecule has 4 aromatic rings. The summed E-state index contributed by atoms with van der Waals surface area (Å²) in [7, 11) is 1.94. The SMILES string of the molecule is C[C@@H](Cc1ccccc1)Nc1nccc(N(C)c2ccnc(-c3ccccc3)n2)n1.NCCN. The Balaban J connectivity index is 0.000000751. The topological polar surface area (TPSA) is 119 Å². The number of aromatic nitrogens is 4. The van der Waals surface area contributed by atoms with Crippen molar-refractivity contribution in [3.05, 3.63) is 90.8 Å². The molecule has 2 aromatic carbocycles. The summed E-state index contributed by atoms with van der Waals surface area (Å²) in [5.74, 6) is 2.81. The number of anilines is 3. The van der Waals surface area contributed by atoms with Crippen molar-refractivity contribution in [3.63, 3.8) is 0 Å². The van der Waals surface area contributed by atoms with E-state index in [-0.39, 0.29) is 6.04 Å². The second-order valence-corrected chi connectivity index (χ2v) is 7.71. The van der Waals surface area contributed by atoms with Gasteiger partial charge in [-0.25, -0.2) is 15.0 Å². The summed E-state index contributed by atoms with van der Waals surface area (Å²) in [6.07, 6.45) is 4.43. The number of hydrogen-bond donors (Lipinski definition) is 3. The maximum absolute atomic E-state index is 4.90. The highest BCUT2D eigenvalue weighted by atomic mass is 15.3. The van der Waals surface area contributed by atoms with Crippen LogP contribution in [-0.2, 0) is 6.42 Å². The molecular weight excluding hydrogens is 424 g/mol. The lowest BCUT2D eigenvalue weighted by Gasteiger charge is -2.19. The number of rotatable bonds is 8. The quantitative estimate of drug-likeness (QED) is 0.368. The van der Waals surface area contributed by atoms with Crippen LogP contribution < -0.4 is 21.7 Å². The molecule has 0 saturated heterocycles. The zero-order valence-corrected chi connectivity index (χ0v) is 19.7. The first-order valence-corrected chi connectivity index (χ1v) is 11.3. The molecule has 2 heterocycles. The summed E-state index contributed by atoms with van der Waals surface area (Å²) < 4.78 is 0. The predicted octanol–water partition coefficient (Wildman–Crippen LogP) is 3.65. The minimum absolute atomic E-state index is 0.205. The Labute approximate surface area is 201 Å². The summed E-state index contributed by atoms with van der Waals surface area (Å²) in [5.41, 5.74) is 12.1. The Morgan fingerprint density at radius 1 is 0.794 bits per heavy atom. The van der Waals surface area contributed by atoms with Gasteiger partial charge in [0.2, 0.25) is 5.95 Å². The summed E-state index contributed by atoms with van der Waals surface area (Å²) in [6.45, 7) is 3.32. The van der Waals surface area contributed by atoms with Crippen LogP contribution in [0.5, 0.6) is 0 Å². The van der Waals surface area contributed by atoms with Crippen molar-refractivity contribution in [1.82, 2.24) is 19.9 Å².